The summed E-state index contributed by atoms with van der Waals surface area (Å²) in [5.41, 5.74) is 3.10. The monoisotopic (exact) mass is 245 g/mol. The summed E-state index contributed by atoms with van der Waals surface area (Å²) in [4.78, 5) is 0. The molecular weight excluding hydrogens is 226 g/mol. The van der Waals surface area contributed by atoms with E-state index < -0.39 is 0 Å². The van der Waals surface area contributed by atoms with Gasteiger partial charge in [0, 0.05) is 17.2 Å². The van der Waals surface area contributed by atoms with Gasteiger partial charge >= 0.3 is 0 Å². The summed E-state index contributed by atoms with van der Waals surface area (Å²) in [6.45, 7) is 8.42. The van der Waals surface area contributed by atoms with Crippen molar-refractivity contribution in [2.75, 3.05) is 7.11 Å². The SMILES string of the molecule is COc1ccc(-c2cc(C)no2)cc1C(C)(C)C. The van der Waals surface area contributed by atoms with Gasteiger partial charge in [0.05, 0.1) is 12.8 Å². The maximum Gasteiger partial charge on any atom is 0.167 e. The third kappa shape index (κ3) is 2.40. The number of methoxy groups -OCH3 is 1. The highest BCUT2D eigenvalue weighted by atomic mass is 16.5. The molecule has 0 radical (unpaired) electrons. The molecule has 1 heterocycles. The predicted molar refractivity (Wildman–Crippen MR) is 71.9 cm³/mol. The largest absolute Gasteiger partial charge is 0.496 e. The Labute approximate surface area is 108 Å². The number of benzene rings is 1. The van der Waals surface area contributed by atoms with E-state index in [0.717, 1.165) is 28.3 Å². The van der Waals surface area contributed by atoms with Gasteiger partial charge in [-0.1, -0.05) is 25.9 Å². The second-order valence-electron chi connectivity index (χ2n) is 5.50. The molecule has 0 aliphatic rings. The summed E-state index contributed by atoms with van der Waals surface area (Å²) in [5, 5.41) is 3.92. The number of hydrogen-bond acceptors (Lipinski definition) is 3. The van der Waals surface area contributed by atoms with Crippen LogP contribution in [0.15, 0.2) is 28.8 Å². The maximum absolute atomic E-state index is 5.42. The molecule has 96 valence electrons. The summed E-state index contributed by atoms with van der Waals surface area (Å²) >= 11 is 0. The normalized spacial score (nSPS) is 11.6. The number of ether oxygens (including phenoxy) is 1. The van der Waals surface area contributed by atoms with E-state index in [2.05, 4.69) is 32.0 Å². The first-order valence-corrected chi connectivity index (χ1v) is 6.04. The lowest BCUT2D eigenvalue weighted by Gasteiger charge is -2.22. The molecule has 3 nitrogen and oxygen atoms in total. The Morgan fingerprint density at radius 2 is 1.89 bits per heavy atom. The zero-order valence-electron chi connectivity index (χ0n) is 11.6. The fourth-order valence-corrected chi connectivity index (χ4v) is 1.95. The van der Waals surface area contributed by atoms with Gasteiger partial charge in [-0.05, 0) is 30.5 Å². The molecule has 18 heavy (non-hydrogen) atoms. The molecule has 0 unspecified atom stereocenters. The second-order valence-corrected chi connectivity index (χ2v) is 5.50. The fourth-order valence-electron chi connectivity index (χ4n) is 1.95. The van der Waals surface area contributed by atoms with E-state index in [4.69, 9.17) is 9.26 Å². The molecule has 0 saturated heterocycles. The Hall–Kier alpha value is -1.77. The molecule has 0 saturated carbocycles. The van der Waals surface area contributed by atoms with Crippen LogP contribution in [0, 0.1) is 6.92 Å². The van der Waals surface area contributed by atoms with E-state index >= 15 is 0 Å². The van der Waals surface area contributed by atoms with Crippen molar-refractivity contribution in [3.63, 3.8) is 0 Å². The van der Waals surface area contributed by atoms with Crippen LogP contribution >= 0.6 is 0 Å². The van der Waals surface area contributed by atoms with E-state index in [9.17, 15) is 0 Å². The van der Waals surface area contributed by atoms with Gasteiger partial charge in [-0.25, -0.2) is 0 Å². The first-order chi connectivity index (χ1) is 8.41. The highest BCUT2D eigenvalue weighted by Gasteiger charge is 2.20. The Balaban J connectivity index is 2.52. The molecule has 0 amide bonds. The van der Waals surface area contributed by atoms with Crippen LogP contribution < -0.4 is 4.74 Å². The van der Waals surface area contributed by atoms with Gasteiger partial charge in [0.25, 0.3) is 0 Å². The van der Waals surface area contributed by atoms with Crippen LogP contribution in [0.25, 0.3) is 11.3 Å². The van der Waals surface area contributed by atoms with E-state index in [0.29, 0.717) is 0 Å². The molecule has 0 aliphatic heterocycles. The number of rotatable bonds is 2. The van der Waals surface area contributed by atoms with Crippen LogP contribution in [-0.4, -0.2) is 12.3 Å². The topological polar surface area (TPSA) is 35.3 Å². The number of aromatic nitrogens is 1. The van der Waals surface area contributed by atoms with Crippen molar-refractivity contribution in [1.82, 2.24) is 5.16 Å². The van der Waals surface area contributed by atoms with Crippen molar-refractivity contribution in [2.24, 2.45) is 0 Å². The number of aryl methyl sites for hydroxylation is 1. The second kappa shape index (κ2) is 4.48. The Kier molecular flexibility index (Phi) is 3.16. The minimum Gasteiger partial charge on any atom is -0.496 e. The summed E-state index contributed by atoms with van der Waals surface area (Å²) < 4.78 is 10.7. The molecule has 1 aromatic carbocycles. The van der Waals surface area contributed by atoms with Crippen molar-refractivity contribution in [3.8, 4) is 17.1 Å². The van der Waals surface area contributed by atoms with Gasteiger partial charge in [0.15, 0.2) is 5.76 Å². The Bertz CT molecular complexity index is 550. The van der Waals surface area contributed by atoms with Crippen molar-refractivity contribution < 1.29 is 9.26 Å². The molecule has 3 heteroatoms. The maximum atomic E-state index is 5.42. The minimum absolute atomic E-state index is 0.0242. The lowest BCUT2D eigenvalue weighted by molar-refractivity contribution is 0.397. The van der Waals surface area contributed by atoms with Crippen molar-refractivity contribution in [1.29, 1.82) is 0 Å². The fraction of sp³-hybridized carbons (Fsp3) is 0.400. The van der Waals surface area contributed by atoms with Gasteiger partial charge < -0.3 is 9.26 Å². The van der Waals surface area contributed by atoms with Gasteiger partial charge in [-0.15, -0.1) is 0 Å². The average Bonchev–Trinajstić information content (AvgIpc) is 2.74. The number of nitrogens with zero attached hydrogens (tertiary/aromatic N) is 1. The van der Waals surface area contributed by atoms with Crippen molar-refractivity contribution in [3.05, 3.63) is 35.5 Å². The van der Waals surface area contributed by atoms with E-state index in [-0.39, 0.29) is 5.41 Å². The van der Waals surface area contributed by atoms with Crippen LogP contribution in [0.2, 0.25) is 0 Å². The molecule has 0 aliphatic carbocycles. The van der Waals surface area contributed by atoms with Crippen LogP contribution in [0.4, 0.5) is 0 Å². The minimum atomic E-state index is 0.0242. The summed E-state index contributed by atoms with van der Waals surface area (Å²) in [7, 11) is 1.70. The summed E-state index contributed by atoms with van der Waals surface area (Å²) in [6.07, 6.45) is 0. The smallest absolute Gasteiger partial charge is 0.167 e. The van der Waals surface area contributed by atoms with Crippen LogP contribution in [-0.2, 0) is 5.41 Å². The molecule has 2 aromatic rings. The summed E-state index contributed by atoms with van der Waals surface area (Å²) in [6, 6.07) is 8.02. The van der Waals surface area contributed by atoms with Gasteiger partial charge in [-0.2, -0.15) is 0 Å². The van der Waals surface area contributed by atoms with E-state index in [1.165, 1.54) is 0 Å². The standard InChI is InChI=1S/C15H19NO2/c1-10-8-14(18-16-10)11-6-7-13(17-5)12(9-11)15(2,3)4/h6-9H,1-5H3. The molecule has 2 rings (SSSR count). The van der Waals surface area contributed by atoms with Crippen molar-refractivity contribution >= 4 is 0 Å². The Morgan fingerprint density at radius 1 is 1.17 bits per heavy atom. The third-order valence-electron chi connectivity index (χ3n) is 2.92. The van der Waals surface area contributed by atoms with Crippen LogP contribution in [0.5, 0.6) is 5.75 Å². The van der Waals surface area contributed by atoms with Gasteiger partial charge in [0.2, 0.25) is 0 Å². The predicted octanol–water partition coefficient (Wildman–Crippen LogP) is 3.96. The van der Waals surface area contributed by atoms with Crippen LogP contribution in [0.3, 0.4) is 0 Å². The first kappa shape index (κ1) is 12.7. The molecule has 0 atom stereocenters. The molecule has 0 fully saturated rings. The number of hydrogen-bond donors (Lipinski definition) is 0. The highest BCUT2D eigenvalue weighted by Crippen LogP contribution is 2.34. The van der Waals surface area contributed by atoms with Crippen molar-refractivity contribution in [2.45, 2.75) is 33.1 Å². The lowest BCUT2D eigenvalue weighted by Crippen LogP contribution is -2.12. The lowest BCUT2D eigenvalue weighted by atomic mass is 9.85. The molecule has 0 spiro atoms. The molecule has 0 bridgehead atoms. The van der Waals surface area contributed by atoms with E-state index in [1.54, 1.807) is 7.11 Å². The first-order valence-electron chi connectivity index (χ1n) is 6.04. The molecule has 1 aromatic heterocycles. The van der Waals surface area contributed by atoms with Gasteiger partial charge in [0.1, 0.15) is 5.75 Å². The third-order valence-corrected chi connectivity index (χ3v) is 2.92. The zero-order valence-corrected chi connectivity index (χ0v) is 11.6. The Morgan fingerprint density at radius 3 is 2.39 bits per heavy atom. The van der Waals surface area contributed by atoms with Gasteiger partial charge in [-0.3, -0.25) is 0 Å². The van der Waals surface area contributed by atoms with Crippen LogP contribution in [0.1, 0.15) is 32.0 Å². The zero-order chi connectivity index (χ0) is 13.3. The highest BCUT2D eigenvalue weighted by molar-refractivity contribution is 5.61. The average molecular weight is 245 g/mol. The molecule has 0 N–H and O–H groups in total. The summed E-state index contributed by atoms with van der Waals surface area (Å²) in [5.74, 6) is 1.70. The quantitative estimate of drug-likeness (QED) is 0.803. The molecular formula is C15H19NO2. The van der Waals surface area contributed by atoms with E-state index in [1.807, 2.05) is 25.1 Å².